The van der Waals surface area contributed by atoms with Gasteiger partial charge in [-0.3, -0.25) is 14.7 Å². The Balaban J connectivity index is 1.39. The van der Waals surface area contributed by atoms with E-state index in [1.807, 2.05) is 29.4 Å². The van der Waals surface area contributed by atoms with Crippen LogP contribution >= 0.6 is 23.1 Å². The first-order chi connectivity index (χ1) is 14.3. The first-order valence-corrected chi connectivity index (χ1v) is 11.8. The van der Waals surface area contributed by atoms with Crippen LogP contribution in [0.3, 0.4) is 0 Å². The van der Waals surface area contributed by atoms with Crippen LogP contribution in [0.4, 0.5) is 0 Å². The molecular formula is C23H25N3OS2. The Bertz CT molecular complexity index is 895. The van der Waals surface area contributed by atoms with Gasteiger partial charge in [-0.1, -0.05) is 24.3 Å². The number of hydrogen-bond acceptors (Lipinski definition) is 5. The van der Waals surface area contributed by atoms with Gasteiger partial charge in [-0.15, -0.1) is 23.1 Å². The van der Waals surface area contributed by atoms with E-state index in [1.165, 1.54) is 10.4 Å². The fourth-order valence-electron chi connectivity index (χ4n) is 3.53. The number of rotatable bonds is 6. The largest absolute Gasteiger partial charge is 0.336 e. The summed E-state index contributed by atoms with van der Waals surface area (Å²) >= 11 is 3.54. The molecule has 0 atom stereocenters. The fraction of sp³-hybridized carbons (Fsp3) is 0.304. The van der Waals surface area contributed by atoms with E-state index in [4.69, 9.17) is 0 Å². The van der Waals surface area contributed by atoms with Gasteiger partial charge in [0.1, 0.15) is 0 Å². The van der Waals surface area contributed by atoms with Crippen LogP contribution in [0.5, 0.6) is 0 Å². The van der Waals surface area contributed by atoms with Crippen molar-refractivity contribution in [2.45, 2.75) is 18.7 Å². The maximum atomic E-state index is 13.3. The topological polar surface area (TPSA) is 36.4 Å². The van der Waals surface area contributed by atoms with E-state index >= 15 is 0 Å². The third kappa shape index (κ3) is 5.47. The lowest BCUT2D eigenvalue weighted by Gasteiger charge is -2.35. The van der Waals surface area contributed by atoms with E-state index in [2.05, 4.69) is 51.7 Å². The van der Waals surface area contributed by atoms with E-state index in [0.29, 0.717) is 6.42 Å². The summed E-state index contributed by atoms with van der Waals surface area (Å²) in [7, 11) is 0. The minimum atomic E-state index is 0.193. The van der Waals surface area contributed by atoms with Gasteiger partial charge in [-0.2, -0.15) is 0 Å². The van der Waals surface area contributed by atoms with E-state index in [-0.39, 0.29) is 5.91 Å². The van der Waals surface area contributed by atoms with Gasteiger partial charge < -0.3 is 4.90 Å². The van der Waals surface area contributed by atoms with Gasteiger partial charge >= 0.3 is 0 Å². The molecule has 2 aromatic heterocycles. The predicted octanol–water partition coefficient (Wildman–Crippen LogP) is 4.49. The van der Waals surface area contributed by atoms with E-state index in [9.17, 15) is 4.79 Å². The summed E-state index contributed by atoms with van der Waals surface area (Å²) in [6.45, 7) is 4.30. The maximum Gasteiger partial charge on any atom is 0.251 e. The molecule has 150 valence electrons. The van der Waals surface area contributed by atoms with Crippen LogP contribution in [-0.2, 0) is 17.1 Å². The minimum Gasteiger partial charge on any atom is -0.336 e. The number of hydrogen-bond donors (Lipinski definition) is 0. The first kappa shape index (κ1) is 20.1. The molecule has 2 aromatic rings. The Kier molecular flexibility index (Phi) is 6.98. The quantitative estimate of drug-likeness (QED) is 0.686. The highest BCUT2D eigenvalue weighted by molar-refractivity contribution is 8.02. The van der Waals surface area contributed by atoms with Crippen molar-refractivity contribution >= 4 is 29.0 Å². The molecule has 4 nitrogen and oxygen atoms in total. The number of thioether (sulfide) groups is 1. The van der Waals surface area contributed by atoms with Crippen molar-refractivity contribution in [3.8, 4) is 0 Å². The molecule has 2 aliphatic rings. The zero-order valence-electron chi connectivity index (χ0n) is 16.4. The van der Waals surface area contributed by atoms with Crippen LogP contribution in [0.15, 0.2) is 76.8 Å². The summed E-state index contributed by atoms with van der Waals surface area (Å²) in [5, 5.41) is 2.10. The van der Waals surface area contributed by atoms with Gasteiger partial charge in [-0.25, -0.2) is 0 Å². The number of nitrogens with zero attached hydrogens (tertiary/aromatic N) is 3. The van der Waals surface area contributed by atoms with E-state index < -0.39 is 0 Å². The van der Waals surface area contributed by atoms with Crippen molar-refractivity contribution in [3.05, 3.63) is 87.3 Å². The minimum absolute atomic E-state index is 0.193. The van der Waals surface area contributed by atoms with Crippen LogP contribution in [-0.4, -0.2) is 46.9 Å². The molecule has 1 saturated heterocycles. The second-order valence-electron chi connectivity index (χ2n) is 7.13. The van der Waals surface area contributed by atoms with Gasteiger partial charge in [-0.05, 0) is 41.6 Å². The predicted molar refractivity (Wildman–Crippen MR) is 122 cm³/mol. The molecule has 0 spiro atoms. The summed E-state index contributed by atoms with van der Waals surface area (Å²) in [6.07, 6.45) is 12.6. The molecule has 1 aliphatic carbocycles. The molecule has 1 aliphatic heterocycles. The average Bonchev–Trinajstić information content (AvgIpc) is 3.17. The first-order valence-electron chi connectivity index (χ1n) is 9.91. The Hall–Kier alpha value is -2.15. The van der Waals surface area contributed by atoms with Crippen molar-refractivity contribution in [2.24, 2.45) is 0 Å². The van der Waals surface area contributed by atoms with Gasteiger partial charge in [0, 0.05) is 66.2 Å². The van der Waals surface area contributed by atoms with Crippen molar-refractivity contribution in [1.29, 1.82) is 0 Å². The molecular weight excluding hydrogens is 398 g/mol. The zero-order chi connectivity index (χ0) is 19.9. The summed E-state index contributed by atoms with van der Waals surface area (Å²) in [5.74, 6) is 1.10. The number of thiophene rings is 1. The van der Waals surface area contributed by atoms with Crippen LogP contribution in [0.2, 0.25) is 0 Å². The fourth-order valence-corrected chi connectivity index (χ4v) is 5.38. The molecule has 0 aromatic carbocycles. The Labute approximate surface area is 180 Å². The molecule has 0 N–H and O–H groups in total. The molecule has 0 radical (unpaired) electrons. The number of piperazine rings is 1. The summed E-state index contributed by atoms with van der Waals surface area (Å²) < 4.78 is 0. The SMILES string of the molecule is O=C(C1=C(SCc2cccs2)C=CC=CC1)N1CCN(Cc2ccncc2)CC1. The van der Waals surface area contributed by atoms with Crippen LogP contribution in [0.25, 0.3) is 0 Å². The number of aromatic nitrogens is 1. The second-order valence-corrected chi connectivity index (χ2v) is 9.18. The zero-order valence-corrected chi connectivity index (χ0v) is 18.0. The third-order valence-corrected chi connectivity index (χ3v) is 7.35. The highest BCUT2D eigenvalue weighted by Gasteiger charge is 2.25. The molecule has 4 rings (SSSR count). The Morgan fingerprint density at radius 2 is 1.93 bits per heavy atom. The van der Waals surface area contributed by atoms with Crippen molar-refractivity contribution < 1.29 is 4.79 Å². The van der Waals surface area contributed by atoms with Crippen molar-refractivity contribution in [1.82, 2.24) is 14.8 Å². The summed E-state index contributed by atoms with van der Waals surface area (Å²) in [4.78, 5) is 24.3. The summed E-state index contributed by atoms with van der Waals surface area (Å²) in [6, 6.07) is 8.35. The third-order valence-electron chi connectivity index (χ3n) is 5.14. The van der Waals surface area contributed by atoms with Crippen molar-refractivity contribution in [2.75, 3.05) is 26.2 Å². The Morgan fingerprint density at radius 1 is 1.10 bits per heavy atom. The number of carbonyl (C=O) groups excluding carboxylic acids is 1. The van der Waals surface area contributed by atoms with Gasteiger partial charge in [0.05, 0.1) is 0 Å². The number of allylic oxidation sites excluding steroid dienone is 4. The molecule has 1 fully saturated rings. The molecule has 6 heteroatoms. The Morgan fingerprint density at radius 3 is 2.69 bits per heavy atom. The van der Waals surface area contributed by atoms with E-state index in [1.54, 1.807) is 23.1 Å². The molecule has 3 heterocycles. The lowest BCUT2D eigenvalue weighted by Crippen LogP contribution is -2.48. The highest BCUT2D eigenvalue weighted by Crippen LogP contribution is 2.31. The monoisotopic (exact) mass is 423 g/mol. The molecule has 0 bridgehead atoms. The molecule has 0 saturated carbocycles. The lowest BCUT2D eigenvalue weighted by atomic mass is 10.1. The standard InChI is InChI=1S/C23H25N3OS2/c27-23(26-14-12-25(13-15-26)17-19-8-10-24-11-9-19)21-6-2-1-3-7-22(21)29-18-20-5-4-16-28-20/h1-5,7-11,16H,6,12-15,17-18H2. The second kappa shape index (κ2) is 10.1. The van der Waals surface area contributed by atoms with Crippen LogP contribution in [0, 0.1) is 0 Å². The van der Waals surface area contributed by atoms with Gasteiger partial charge in [0.2, 0.25) is 0 Å². The van der Waals surface area contributed by atoms with Crippen LogP contribution < -0.4 is 0 Å². The normalized spacial score (nSPS) is 17.6. The molecule has 1 amide bonds. The maximum absolute atomic E-state index is 13.3. The van der Waals surface area contributed by atoms with Gasteiger partial charge in [0.25, 0.3) is 5.91 Å². The number of pyridine rings is 1. The van der Waals surface area contributed by atoms with Crippen molar-refractivity contribution in [3.63, 3.8) is 0 Å². The van der Waals surface area contributed by atoms with Gasteiger partial charge in [0.15, 0.2) is 0 Å². The summed E-state index contributed by atoms with van der Waals surface area (Å²) in [5.41, 5.74) is 2.20. The lowest BCUT2D eigenvalue weighted by molar-refractivity contribution is -0.129. The molecule has 29 heavy (non-hydrogen) atoms. The van der Waals surface area contributed by atoms with E-state index in [0.717, 1.165) is 49.0 Å². The van der Waals surface area contributed by atoms with Crippen LogP contribution in [0.1, 0.15) is 16.9 Å². The number of carbonyl (C=O) groups is 1. The number of amides is 1. The smallest absolute Gasteiger partial charge is 0.251 e. The average molecular weight is 424 g/mol. The molecule has 0 unspecified atom stereocenters. The highest BCUT2D eigenvalue weighted by atomic mass is 32.2.